The lowest BCUT2D eigenvalue weighted by Gasteiger charge is -2.42. The summed E-state index contributed by atoms with van der Waals surface area (Å²) in [5, 5.41) is 3.54. The minimum atomic E-state index is 0.455. The number of hydrogen-bond donors (Lipinski definition) is 1. The molecule has 0 amide bonds. The average Bonchev–Trinajstić information content (AvgIpc) is 2.38. The zero-order valence-electron chi connectivity index (χ0n) is 13.0. The Morgan fingerprint density at radius 2 is 1.89 bits per heavy atom. The van der Waals surface area contributed by atoms with Crippen molar-refractivity contribution < 1.29 is 0 Å². The van der Waals surface area contributed by atoms with Gasteiger partial charge in [-0.15, -0.1) is 0 Å². The summed E-state index contributed by atoms with van der Waals surface area (Å²) >= 11 is 0. The lowest BCUT2D eigenvalue weighted by Crippen LogP contribution is -2.46. The Morgan fingerprint density at radius 3 is 2.47 bits per heavy atom. The first kappa shape index (κ1) is 14.5. The number of fused-ring (bicyclic) bond motifs is 1. The third kappa shape index (κ3) is 3.01. The van der Waals surface area contributed by atoms with Crippen molar-refractivity contribution in [2.45, 2.75) is 45.2 Å². The number of benzene rings is 1. The molecule has 0 fully saturated rings. The van der Waals surface area contributed by atoms with Gasteiger partial charge in [-0.25, -0.2) is 0 Å². The molecule has 1 aliphatic carbocycles. The van der Waals surface area contributed by atoms with Gasteiger partial charge in [-0.1, -0.05) is 45.0 Å². The molecule has 1 aromatic rings. The highest BCUT2D eigenvalue weighted by molar-refractivity contribution is 5.36. The maximum Gasteiger partial charge on any atom is 0.0478 e. The van der Waals surface area contributed by atoms with E-state index in [4.69, 9.17) is 0 Å². The molecule has 106 valence electrons. The number of hydrogen-bond acceptors (Lipinski definition) is 2. The second kappa shape index (κ2) is 6.06. The van der Waals surface area contributed by atoms with Crippen LogP contribution in [0.3, 0.4) is 0 Å². The lowest BCUT2D eigenvalue weighted by atomic mass is 9.77. The summed E-state index contributed by atoms with van der Waals surface area (Å²) in [5.41, 5.74) is 3.01. The summed E-state index contributed by atoms with van der Waals surface area (Å²) in [6, 6.07) is 9.97. The van der Waals surface area contributed by atoms with Crippen LogP contribution in [0.15, 0.2) is 24.3 Å². The van der Waals surface area contributed by atoms with Gasteiger partial charge in [0.25, 0.3) is 0 Å². The van der Waals surface area contributed by atoms with Crippen molar-refractivity contribution in [1.29, 1.82) is 0 Å². The van der Waals surface area contributed by atoms with Crippen molar-refractivity contribution in [2.24, 2.45) is 5.92 Å². The van der Waals surface area contributed by atoms with E-state index in [2.05, 4.69) is 69.3 Å². The summed E-state index contributed by atoms with van der Waals surface area (Å²) in [6.07, 6.45) is 1.24. The molecule has 0 aliphatic heterocycles. The molecule has 2 nitrogen and oxygen atoms in total. The molecular formula is C17H28N2. The molecule has 1 aliphatic rings. The predicted octanol–water partition coefficient (Wildman–Crippen LogP) is 3.41. The van der Waals surface area contributed by atoms with Crippen LogP contribution in [0, 0.1) is 5.92 Å². The fourth-order valence-corrected chi connectivity index (χ4v) is 3.57. The minimum absolute atomic E-state index is 0.455. The molecule has 3 atom stereocenters. The smallest absolute Gasteiger partial charge is 0.0478 e. The van der Waals surface area contributed by atoms with E-state index in [1.54, 1.807) is 0 Å². The highest BCUT2D eigenvalue weighted by Gasteiger charge is 2.34. The molecule has 0 radical (unpaired) electrons. The lowest BCUT2D eigenvalue weighted by molar-refractivity contribution is 0.153. The molecule has 0 heterocycles. The second-order valence-corrected chi connectivity index (χ2v) is 6.43. The van der Waals surface area contributed by atoms with Crippen LogP contribution in [0.2, 0.25) is 0 Å². The molecule has 3 unspecified atom stereocenters. The van der Waals surface area contributed by atoms with Gasteiger partial charge in [0.15, 0.2) is 0 Å². The minimum Gasteiger partial charge on any atom is -0.312 e. The maximum absolute atomic E-state index is 3.54. The van der Waals surface area contributed by atoms with Crippen LogP contribution in [0.5, 0.6) is 0 Å². The van der Waals surface area contributed by atoms with Gasteiger partial charge in [0.1, 0.15) is 0 Å². The molecule has 0 saturated carbocycles. The van der Waals surface area contributed by atoms with Crippen LogP contribution in [-0.4, -0.2) is 31.6 Å². The molecule has 2 heteroatoms. The Kier molecular flexibility index (Phi) is 4.64. The van der Waals surface area contributed by atoms with Crippen molar-refractivity contribution in [2.75, 3.05) is 20.6 Å². The molecule has 1 aromatic carbocycles. The van der Waals surface area contributed by atoms with Crippen molar-refractivity contribution in [3.8, 4) is 0 Å². The van der Waals surface area contributed by atoms with Crippen LogP contribution in [0.25, 0.3) is 0 Å². The van der Waals surface area contributed by atoms with E-state index in [0.717, 1.165) is 12.5 Å². The van der Waals surface area contributed by atoms with Crippen LogP contribution in [0.1, 0.15) is 50.3 Å². The first-order chi connectivity index (χ1) is 9.04. The van der Waals surface area contributed by atoms with Gasteiger partial charge >= 0.3 is 0 Å². The molecule has 0 saturated heterocycles. The topological polar surface area (TPSA) is 15.3 Å². The number of nitrogens with one attached hydrogen (secondary N) is 1. The van der Waals surface area contributed by atoms with Gasteiger partial charge < -0.3 is 10.2 Å². The summed E-state index contributed by atoms with van der Waals surface area (Å²) in [6.45, 7) is 8.12. The Hall–Kier alpha value is -0.860. The van der Waals surface area contributed by atoms with E-state index < -0.39 is 0 Å². The molecular weight excluding hydrogens is 232 g/mol. The monoisotopic (exact) mass is 260 g/mol. The van der Waals surface area contributed by atoms with Crippen LogP contribution in [0.4, 0.5) is 0 Å². The summed E-state index contributed by atoms with van der Waals surface area (Å²) < 4.78 is 0. The quantitative estimate of drug-likeness (QED) is 0.892. The molecule has 1 N–H and O–H groups in total. The van der Waals surface area contributed by atoms with Gasteiger partial charge in [0, 0.05) is 18.6 Å². The number of likely N-dealkylation sites (N-methyl/N-ethyl adjacent to an activating group) is 2. The number of nitrogens with zero attached hydrogens (tertiary/aromatic N) is 1. The van der Waals surface area contributed by atoms with E-state index in [0.29, 0.717) is 18.0 Å². The van der Waals surface area contributed by atoms with Crippen LogP contribution < -0.4 is 5.32 Å². The predicted molar refractivity (Wildman–Crippen MR) is 82.5 cm³/mol. The third-order valence-corrected chi connectivity index (χ3v) is 4.37. The molecule has 0 bridgehead atoms. The van der Waals surface area contributed by atoms with E-state index in [9.17, 15) is 0 Å². The molecule has 0 aromatic heterocycles. The van der Waals surface area contributed by atoms with Crippen molar-refractivity contribution in [3.05, 3.63) is 35.4 Å². The van der Waals surface area contributed by atoms with Gasteiger partial charge in [-0.05, 0) is 43.5 Å². The average molecular weight is 260 g/mol. The third-order valence-electron chi connectivity index (χ3n) is 4.37. The number of rotatable bonds is 4. The summed E-state index contributed by atoms with van der Waals surface area (Å²) in [7, 11) is 4.36. The Morgan fingerprint density at radius 1 is 1.26 bits per heavy atom. The summed E-state index contributed by atoms with van der Waals surface area (Å²) in [4.78, 5) is 2.54. The normalized spacial score (nSPS) is 26.8. The Labute approximate surface area is 118 Å². The van der Waals surface area contributed by atoms with E-state index in [1.165, 1.54) is 17.5 Å². The fraction of sp³-hybridized carbons (Fsp3) is 0.647. The van der Waals surface area contributed by atoms with Crippen LogP contribution in [-0.2, 0) is 0 Å². The van der Waals surface area contributed by atoms with Crippen molar-refractivity contribution in [3.63, 3.8) is 0 Å². The largest absolute Gasteiger partial charge is 0.312 e. The fourth-order valence-electron chi connectivity index (χ4n) is 3.57. The second-order valence-electron chi connectivity index (χ2n) is 6.43. The van der Waals surface area contributed by atoms with E-state index in [-0.39, 0.29) is 0 Å². The summed E-state index contributed by atoms with van der Waals surface area (Å²) in [5.74, 6) is 1.37. The van der Waals surface area contributed by atoms with Gasteiger partial charge in [-0.2, -0.15) is 0 Å². The highest BCUT2D eigenvalue weighted by atomic mass is 15.2. The Bertz CT molecular complexity index is 413. The first-order valence-corrected chi connectivity index (χ1v) is 7.51. The molecule has 0 spiro atoms. The molecule has 19 heavy (non-hydrogen) atoms. The van der Waals surface area contributed by atoms with Gasteiger partial charge in [0.05, 0.1) is 0 Å². The standard InChI is InChI=1S/C17H28N2/c1-12(2)11-19(5)16-10-13(3)14-8-6-7-9-15(14)17(16)18-4/h6-9,12-13,16-18H,10-11H2,1-5H3. The first-order valence-electron chi connectivity index (χ1n) is 7.51. The Balaban J connectivity index is 2.28. The van der Waals surface area contributed by atoms with E-state index >= 15 is 0 Å². The van der Waals surface area contributed by atoms with Crippen LogP contribution >= 0.6 is 0 Å². The van der Waals surface area contributed by atoms with Gasteiger partial charge in [-0.3, -0.25) is 0 Å². The maximum atomic E-state index is 3.54. The van der Waals surface area contributed by atoms with Gasteiger partial charge in [0.2, 0.25) is 0 Å². The van der Waals surface area contributed by atoms with Crippen molar-refractivity contribution >= 4 is 0 Å². The zero-order valence-corrected chi connectivity index (χ0v) is 13.0. The zero-order chi connectivity index (χ0) is 14.0. The molecule has 2 rings (SSSR count). The van der Waals surface area contributed by atoms with E-state index in [1.807, 2.05) is 0 Å². The SMILES string of the molecule is CNC1c2ccccc2C(C)CC1N(C)CC(C)C. The van der Waals surface area contributed by atoms with Crippen molar-refractivity contribution in [1.82, 2.24) is 10.2 Å². The highest BCUT2D eigenvalue weighted by Crippen LogP contribution is 2.39.